The summed E-state index contributed by atoms with van der Waals surface area (Å²) in [5, 5.41) is 17.2. The average molecular weight is 590 g/mol. The van der Waals surface area contributed by atoms with Crippen LogP contribution in [0.3, 0.4) is 0 Å². The number of nitro benzene ring substituents is 1. The fourth-order valence-electron chi connectivity index (χ4n) is 5.16. The highest BCUT2D eigenvalue weighted by Gasteiger charge is 2.35. The Hall–Kier alpha value is -4.68. The minimum atomic E-state index is -0.540. The van der Waals surface area contributed by atoms with Crippen molar-refractivity contribution in [3.8, 4) is 5.75 Å². The van der Waals surface area contributed by atoms with Crippen molar-refractivity contribution in [3.63, 3.8) is 0 Å². The van der Waals surface area contributed by atoms with E-state index in [1.165, 1.54) is 40.2 Å². The van der Waals surface area contributed by atoms with E-state index in [2.05, 4.69) is 10.0 Å². The smallest absolute Gasteiger partial charge is 0.269 e. The normalized spacial score (nSPS) is 16.9. The number of hydrogen-bond donors (Lipinski definition) is 0. The summed E-state index contributed by atoms with van der Waals surface area (Å²) >= 11 is 0. The van der Waals surface area contributed by atoms with Crippen molar-refractivity contribution in [1.29, 1.82) is 0 Å². The molecule has 224 valence electrons. The van der Waals surface area contributed by atoms with Gasteiger partial charge in [-0.25, -0.2) is 9.40 Å². The van der Waals surface area contributed by atoms with E-state index in [0.717, 1.165) is 11.6 Å². The van der Waals surface area contributed by atoms with Gasteiger partial charge in [-0.1, -0.05) is 18.2 Å². The Labute approximate surface area is 248 Å². The number of carbonyl (C=O) groups is 2. The second-order valence-corrected chi connectivity index (χ2v) is 10.3. The number of methoxy groups -OCH3 is 1. The predicted molar refractivity (Wildman–Crippen MR) is 156 cm³/mol. The van der Waals surface area contributed by atoms with Gasteiger partial charge in [-0.3, -0.25) is 24.6 Å². The maximum absolute atomic E-state index is 14.0. The van der Waals surface area contributed by atoms with Crippen molar-refractivity contribution in [1.82, 2.24) is 14.8 Å². The Kier molecular flexibility index (Phi) is 9.38. The Morgan fingerprint density at radius 1 is 1.09 bits per heavy atom. The number of amides is 2. The SMILES string of the molecule is COc1ccc([C@H]2CC(c3ccc([N+](=O)[O-])cc3)=NN2C(=O)CN(CCN2CCOCC2)C(=O)c2cccc(F)c2)cc1. The van der Waals surface area contributed by atoms with Gasteiger partial charge in [0.1, 0.15) is 18.1 Å². The van der Waals surface area contributed by atoms with E-state index in [-0.39, 0.29) is 24.3 Å². The van der Waals surface area contributed by atoms with Crippen molar-refractivity contribution in [3.05, 3.63) is 105 Å². The molecule has 3 aromatic rings. The first-order valence-corrected chi connectivity index (χ1v) is 14.0. The van der Waals surface area contributed by atoms with Crippen LogP contribution in [0.5, 0.6) is 5.75 Å². The molecule has 2 aliphatic heterocycles. The van der Waals surface area contributed by atoms with Crippen LogP contribution in [0, 0.1) is 15.9 Å². The highest BCUT2D eigenvalue weighted by molar-refractivity contribution is 6.04. The summed E-state index contributed by atoms with van der Waals surface area (Å²) < 4.78 is 24.7. The number of rotatable bonds is 10. The van der Waals surface area contributed by atoms with Gasteiger partial charge >= 0.3 is 0 Å². The Morgan fingerprint density at radius 2 is 1.81 bits per heavy atom. The lowest BCUT2D eigenvalue weighted by molar-refractivity contribution is -0.384. The van der Waals surface area contributed by atoms with E-state index in [0.29, 0.717) is 56.3 Å². The number of carbonyl (C=O) groups excluding carboxylic acids is 2. The molecule has 1 saturated heterocycles. The van der Waals surface area contributed by atoms with Crippen LogP contribution in [0.4, 0.5) is 10.1 Å². The molecule has 0 N–H and O–H groups in total. The monoisotopic (exact) mass is 589 g/mol. The number of morpholine rings is 1. The van der Waals surface area contributed by atoms with Gasteiger partial charge in [0, 0.05) is 50.3 Å². The van der Waals surface area contributed by atoms with Gasteiger partial charge in [0.05, 0.1) is 37.0 Å². The van der Waals surface area contributed by atoms with Crippen LogP contribution < -0.4 is 4.74 Å². The summed E-state index contributed by atoms with van der Waals surface area (Å²) in [5.74, 6) is -0.752. The molecule has 5 rings (SSSR count). The van der Waals surface area contributed by atoms with E-state index >= 15 is 0 Å². The number of ether oxygens (including phenoxy) is 2. The molecule has 11 nitrogen and oxygen atoms in total. The van der Waals surface area contributed by atoms with Crippen molar-refractivity contribution >= 4 is 23.2 Å². The molecule has 1 fully saturated rings. The Morgan fingerprint density at radius 3 is 2.47 bits per heavy atom. The fourth-order valence-corrected chi connectivity index (χ4v) is 5.16. The largest absolute Gasteiger partial charge is 0.497 e. The third-order valence-corrected chi connectivity index (χ3v) is 7.55. The molecule has 0 aromatic heterocycles. The van der Waals surface area contributed by atoms with Crippen molar-refractivity contribution < 1.29 is 28.4 Å². The van der Waals surface area contributed by atoms with Crippen LogP contribution in [0.2, 0.25) is 0 Å². The van der Waals surface area contributed by atoms with Gasteiger partial charge in [0.25, 0.3) is 17.5 Å². The number of non-ortho nitro benzene ring substituents is 1. The van der Waals surface area contributed by atoms with E-state index in [4.69, 9.17) is 9.47 Å². The molecule has 0 saturated carbocycles. The van der Waals surface area contributed by atoms with E-state index in [9.17, 15) is 24.1 Å². The molecule has 1 atom stereocenters. The maximum Gasteiger partial charge on any atom is 0.269 e. The highest BCUT2D eigenvalue weighted by Crippen LogP contribution is 2.34. The lowest BCUT2D eigenvalue weighted by Crippen LogP contribution is -2.46. The molecular weight excluding hydrogens is 557 g/mol. The average Bonchev–Trinajstić information content (AvgIpc) is 3.49. The first-order chi connectivity index (χ1) is 20.8. The molecule has 3 aromatic carbocycles. The first-order valence-electron chi connectivity index (χ1n) is 14.0. The van der Waals surface area contributed by atoms with Gasteiger partial charge in [0.15, 0.2) is 0 Å². The van der Waals surface area contributed by atoms with Crippen LogP contribution in [0.25, 0.3) is 0 Å². The molecule has 0 spiro atoms. The summed E-state index contributed by atoms with van der Waals surface area (Å²) in [7, 11) is 1.57. The van der Waals surface area contributed by atoms with Crippen LogP contribution in [0.15, 0.2) is 77.9 Å². The van der Waals surface area contributed by atoms with Gasteiger partial charge in [-0.15, -0.1) is 0 Å². The zero-order valence-corrected chi connectivity index (χ0v) is 23.7. The topological polar surface area (TPSA) is 118 Å². The number of halogens is 1. The standard InChI is InChI=1S/C31H32FN5O6/c1-42-27-11-7-23(8-12-27)29-20-28(22-5-9-26(10-6-22)37(40)41)33-36(29)30(38)21-35(14-13-34-15-17-43-18-16-34)31(39)24-3-2-4-25(32)19-24/h2-12,19,29H,13-18,20-21H2,1H3/t29-/m1/s1. The van der Waals surface area contributed by atoms with Crippen LogP contribution >= 0.6 is 0 Å². The predicted octanol–water partition coefficient (Wildman–Crippen LogP) is 3.89. The number of benzene rings is 3. The third kappa shape index (κ3) is 7.22. The van der Waals surface area contributed by atoms with E-state index < -0.39 is 28.6 Å². The molecule has 12 heteroatoms. The summed E-state index contributed by atoms with van der Waals surface area (Å²) in [4.78, 5) is 41.7. The number of hydrazone groups is 1. The first kappa shape index (κ1) is 29.8. The molecule has 2 heterocycles. The third-order valence-electron chi connectivity index (χ3n) is 7.55. The number of hydrogen-bond acceptors (Lipinski definition) is 8. The molecular formula is C31H32FN5O6. The highest BCUT2D eigenvalue weighted by atomic mass is 19.1. The summed E-state index contributed by atoms with van der Waals surface area (Å²) in [5.41, 5.74) is 2.15. The molecule has 2 amide bonds. The summed E-state index contributed by atoms with van der Waals surface area (Å²) in [6.45, 7) is 3.11. The lowest BCUT2D eigenvalue weighted by atomic mass is 9.98. The molecule has 2 aliphatic rings. The minimum absolute atomic E-state index is 0.0474. The molecule has 43 heavy (non-hydrogen) atoms. The van der Waals surface area contributed by atoms with Gasteiger partial charge in [-0.2, -0.15) is 5.10 Å². The van der Waals surface area contributed by atoms with Gasteiger partial charge < -0.3 is 14.4 Å². The number of nitrogens with zero attached hydrogens (tertiary/aromatic N) is 5. The van der Waals surface area contributed by atoms with E-state index in [1.54, 1.807) is 31.4 Å². The lowest BCUT2D eigenvalue weighted by Gasteiger charge is -2.31. The van der Waals surface area contributed by atoms with Gasteiger partial charge in [-0.05, 0) is 53.6 Å². The fraction of sp³-hybridized carbons (Fsp3) is 0.323. The summed E-state index contributed by atoms with van der Waals surface area (Å²) in [6, 6.07) is 18.2. The Balaban J connectivity index is 1.42. The second-order valence-electron chi connectivity index (χ2n) is 10.3. The maximum atomic E-state index is 14.0. The minimum Gasteiger partial charge on any atom is -0.497 e. The molecule has 0 aliphatic carbocycles. The second kappa shape index (κ2) is 13.5. The van der Waals surface area contributed by atoms with Crippen molar-refractivity contribution in [2.45, 2.75) is 12.5 Å². The zero-order chi connectivity index (χ0) is 30.3. The molecule has 0 unspecified atom stereocenters. The van der Waals surface area contributed by atoms with Gasteiger partial charge in [0.2, 0.25) is 0 Å². The summed E-state index contributed by atoms with van der Waals surface area (Å²) in [6.07, 6.45) is 0.363. The molecule has 0 bridgehead atoms. The Bertz CT molecular complexity index is 1490. The quantitative estimate of drug-likeness (QED) is 0.260. The van der Waals surface area contributed by atoms with Crippen LogP contribution in [-0.4, -0.2) is 90.3 Å². The van der Waals surface area contributed by atoms with Crippen LogP contribution in [-0.2, 0) is 9.53 Å². The zero-order valence-electron chi connectivity index (χ0n) is 23.7. The number of nitro groups is 1. The van der Waals surface area contributed by atoms with Crippen LogP contribution in [0.1, 0.15) is 33.9 Å². The van der Waals surface area contributed by atoms with E-state index in [1.807, 2.05) is 12.1 Å². The van der Waals surface area contributed by atoms with Crippen molar-refractivity contribution in [2.24, 2.45) is 5.10 Å². The molecule has 0 radical (unpaired) electrons. The van der Waals surface area contributed by atoms with Crippen molar-refractivity contribution in [2.75, 3.05) is 53.0 Å².